The molecule has 4 N–H and O–H groups in total. The van der Waals surface area contributed by atoms with Gasteiger partial charge in [0.2, 0.25) is 0 Å². The smallest absolute Gasteiger partial charge is 0.257 e. The molecule has 1 radical (unpaired) electrons. The number of benzene rings is 3. The van der Waals surface area contributed by atoms with Crippen LogP contribution in [-0.2, 0) is 6.54 Å². The van der Waals surface area contributed by atoms with Gasteiger partial charge in [0.1, 0.15) is 5.75 Å². The maximum atomic E-state index is 12.5. The van der Waals surface area contributed by atoms with Gasteiger partial charge >= 0.3 is 0 Å². The number of rotatable bonds is 3. The summed E-state index contributed by atoms with van der Waals surface area (Å²) in [4.78, 5) is 12.5. The van der Waals surface area contributed by atoms with Gasteiger partial charge < -0.3 is 21.1 Å². The number of carbonyl (C=O) groups is 1. The highest BCUT2D eigenvalue weighted by Crippen LogP contribution is 2.35. The molecule has 4 rings (SSSR count). The highest BCUT2D eigenvalue weighted by molar-refractivity contribution is 6.12. The molecule has 129 valence electrons. The minimum Gasteiger partial charge on any atom is -0.496 e. The van der Waals surface area contributed by atoms with Gasteiger partial charge in [-0.05, 0) is 47.5 Å². The first-order valence-electron chi connectivity index (χ1n) is 8.29. The summed E-state index contributed by atoms with van der Waals surface area (Å²) in [6.07, 6.45) is 0. The van der Waals surface area contributed by atoms with Gasteiger partial charge in [0.05, 0.1) is 29.7 Å². The zero-order chi connectivity index (χ0) is 18.1. The molecule has 3 aromatic rings. The van der Waals surface area contributed by atoms with Gasteiger partial charge in [0.15, 0.2) is 0 Å². The van der Waals surface area contributed by atoms with Gasteiger partial charge in [-0.25, -0.2) is 0 Å². The maximum Gasteiger partial charge on any atom is 0.257 e. The van der Waals surface area contributed by atoms with Gasteiger partial charge in [-0.3, -0.25) is 4.79 Å². The fourth-order valence-electron chi connectivity index (χ4n) is 3.10. The molecule has 1 heterocycles. The molecule has 0 saturated heterocycles. The fourth-order valence-corrected chi connectivity index (χ4v) is 3.10. The molecule has 0 bridgehead atoms. The summed E-state index contributed by atoms with van der Waals surface area (Å²) in [5, 5.41) is 6.24. The zero-order valence-electron chi connectivity index (χ0n) is 14.3. The molecule has 0 unspecified atom stereocenters. The Balaban J connectivity index is 1.79. The molecule has 0 spiro atoms. The zero-order valence-corrected chi connectivity index (χ0v) is 14.3. The van der Waals surface area contributed by atoms with Crippen molar-refractivity contribution >= 4 is 23.0 Å². The van der Waals surface area contributed by atoms with Crippen LogP contribution in [0.2, 0.25) is 0 Å². The van der Waals surface area contributed by atoms with E-state index < -0.39 is 0 Å². The van der Waals surface area contributed by atoms with E-state index in [4.69, 9.17) is 10.5 Å². The van der Waals surface area contributed by atoms with E-state index in [0.717, 1.165) is 33.8 Å². The monoisotopic (exact) mass is 344 g/mol. The molecular weight excluding hydrogens is 326 g/mol. The van der Waals surface area contributed by atoms with Gasteiger partial charge in [-0.1, -0.05) is 24.3 Å². The summed E-state index contributed by atoms with van der Waals surface area (Å²) in [5.74, 6) is 0.611. The first kappa shape index (κ1) is 16.2. The van der Waals surface area contributed by atoms with Crippen LogP contribution in [0.3, 0.4) is 0 Å². The fraction of sp³-hybridized carbons (Fsp3) is 0.0952. The van der Waals surface area contributed by atoms with E-state index in [-0.39, 0.29) is 5.91 Å². The summed E-state index contributed by atoms with van der Waals surface area (Å²) in [6, 6.07) is 20.1. The van der Waals surface area contributed by atoms with Crippen LogP contribution in [0.25, 0.3) is 11.1 Å². The van der Waals surface area contributed by atoms with Crippen LogP contribution in [-0.4, -0.2) is 13.0 Å². The minimum absolute atomic E-state index is 0.145. The third-order valence-corrected chi connectivity index (χ3v) is 4.49. The molecular formula is C21H18N3O2. The lowest BCUT2D eigenvalue weighted by atomic mass is 10.00. The van der Waals surface area contributed by atoms with Crippen molar-refractivity contribution in [3.8, 4) is 16.9 Å². The van der Waals surface area contributed by atoms with Crippen LogP contribution in [0.15, 0.2) is 54.6 Å². The molecule has 0 atom stereocenters. The third kappa shape index (κ3) is 2.78. The Morgan fingerprint density at radius 1 is 1.00 bits per heavy atom. The Morgan fingerprint density at radius 2 is 1.81 bits per heavy atom. The number of anilines is 3. The average Bonchev–Trinajstić information content (AvgIpc) is 2.82. The van der Waals surface area contributed by atoms with Crippen LogP contribution < -0.4 is 21.1 Å². The molecule has 1 aliphatic heterocycles. The van der Waals surface area contributed by atoms with E-state index in [1.807, 2.05) is 48.5 Å². The second-order valence-corrected chi connectivity index (χ2v) is 6.04. The first-order valence-corrected chi connectivity index (χ1v) is 8.29. The Morgan fingerprint density at radius 3 is 2.62 bits per heavy atom. The van der Waals surface area contributed by atoms with Crippen molar-refractivity contribution in [2.24, 2.45) is 5.73 Å². The van der Waals surface area contributed by atoms with Gasteiger partial charge in [-0.2, -0.15) is 0 Å². The van der Waals surface area contributed by atoms with E-state index in [1.54, 1.807) is 13.2 Å². The maximum absolute atomic E-state index is 12.5. The van der Waals surface area contributed by atoms with Crippen molar-refractivity contribution in [1.82, 2.24) is 0 Å². The third-order valence-electron chi connectivity index (χ3n) is 4.49. The molecule has 5 nitrogen and oxygen atoms in total. The molecule has 0 fully saturated rings. The average molecular weight is 344 g/mol. The number of nitrogens with one attached hydrogen (secondary N) is 2. The molecule has 1 aliphatic rings. The van der Waals surface area contributed by atoms with Gasteiger partial charge in [0, 0.05) is 12.1 Å². The topological polar surface area (TPSA) is 76.4 Å². The largest absolute Gasteiger partial charge is 0.496 e. The van der Waals surface area contributed by atoms with Crippen LogP contribution in [0.4, 0.5) is 17.1 Å². The summed E-state index contributed by atoms with van der Waals surface area (Å²) >= 11 is 0. The molecule has 0 aliphatic carbocycles. The number of nitrogens with two attached hydrogens (primary N) is 1. The number of amides is 1. The molecule has 5 heteroatoms. The van der Waals surface area contributed by atoms with Crippen LogP contribution in [0.5, 0.6) is 5.75 Å². The molecule has 0 aromatic heterocycles. The van der Waals surface area contributed by atoms with Crippen LogP contribution in [0.1, 0.15) is 15.9 Å². The van der Waals surface area contributed by atoms with Crippen molar-refractivity contribution in [3.05, 3.63) is 71.8 Å². The predicted octanol–water partition coefficient (Wildman–Crippen LogP) is 3.93. The van der Waals surface area contributed by atoms with Crippen LogP contribution in [0, 0.1) is 6.07 Å². The lowest BCUT2D eigenvalue weighted by molar-refractivity contribution is 0.102. The second-order valence-electron chi connectivity index (χ2n) is 6.04. The first-order chi connectivity index (χ1) is 12.7. The van der Waals surface area contributed by atoms with E-state index >= 15 is 0 Å². The van der Waals surface area contributed by atoms with Crippen molar-refractivity contribution in [2.75, 3.05) is 17.7 Å². The SMILES string of the molecule is COc1cc(-c2ccc3c(c2)Nc2cc[c]cc2NC3=O)ccc1CN. The number of carbonyl (C=O) groups excluding carboxylic acids is 1. The molecule has 0 saturated carbocycles. The molecule has 1 amide bonds. The summed E-state index contributed by atoms with van der Waals surface area (Å²) in [5.41, 5.74) is 11.6. The number of hydrogen-bond acceptors (Lipinski definition) is 4. The van der Waals surface area contributed by atoms with Crippen molar-refractivity contribution < 1.29 is 9.53 Å². The Bertz CT molecular complexity index is 998. The van der Waals surface area contributed by atoms with Crippen molar-refractivity contribution in [3.63, 3.8) is 0 Å². The molecule has 3 aromatic carbocycles. The van der Waals surface area contributed by atoms with Crippen molar-refractivity contribution in [2.45, 2.75) is 6.54 Å². The van der Waals surface area contributed by atoms with Crippen LogP contribution >= 0.6 is 0 Å². The van der Waals surface area contributed by atoms with E-state index in [1.165, 1.54) is 0 Å². The highest BCUT2D eigenvalue weighted by Gasteiger charge is 2.19. The van der Waals surface area contributed by atoms with E-state index in [0.29, 0.717) is 17.8 Å². The number of methoxy groups -OCH3 is 1. The Labute approximate surface area is 151 Å². The lowest BCUT2D eigenvalue weighted by Crippen LogP contribution is -2.10. The van der Waals surface area contributed by atoms with Gasteiger partial charge in [0.25, 0.3) is 5.91 Å². The predicted molar refractivity (Wildman–Crippen MR) is 103 cm³/mol. The molecule has 26 heavy (non-hydrogen) atoms. The van der Waals surface area contributed by atoms with Crippen molar-refractivity contribution in [1.29, 1.82) is 0 Å². The number of hydrogen-bond donors (Lipinski definition) is 3. The normalized spacial score (nSPS) is 12.3. The minimum atomic E-state index is -0.145. The second kappa shape index (κ2) is 6.54. The van der Waals surface area contributed by atoms with E-state index in [9.17, 15) is 4.79 Å². The lowest BCUT2D eigenvalue weighted by Gasteiger charge is -2.12. The number of ether oxygens (including phenoxy) is 1. The van der Waals surface area contributed by atoms with Gasteiger partial charge in [-0.15, -0.1) is 0 Å². The quantitative estimate of drug-likeness (QED) is 0.673. The van der Waals surface area contributed by atoms with E-state index in [2.05, 4.69) is 16.7 Å². The standard InChI is InChI=1S/C21H18N3O2/c1-26-20-11-14(6-7-15(20)12-22)13-8-9-16-19(10-13)23-17-4-2-3-5-18(17)24-21(16)25/h2,4-11,23H,12,22H2,1H3,(H,24,25). The Hall–Kier alpha value is -3.31. The highest BCUT2D eigenvalue weighted by atomic mass is 16.5. The number of fused-ring (bicyclic) bond motifs is 2. The Kier molecular flexibility index (Phi) is 4.07. The summed E-state index contributed by atoms with van der Waals surface area (Å²) < 4.78 is 5.43. The summed E-state index contributed by atoms with van der Waals surface area (Å²) in [7, 11) is 1.63. The summed E-state index contributed by atoms with van der Waals surface area (Å²) in [6.45, 7) is 0.420.